The number of aliphatic hydroxyl groups excluding tert-OH is 1. The number of benzene rings is 1. The Kier molecular flexibility index (Phi) is 3.09. The molecule has 3 rings (SSSR count). The molecule has 3 nitrogen and oxygen atoms in total. The third kappa shape index (κ3) is 2.02. The van der Waals surface area contributed by atoms with Gasteiger partial charge in [-0.05, 0) is 23.8 Å². The molecular weight excluding hydrogens is 252 g/mol. The highest BCUT2D eigenvalue weighted by atomic mass is 16.5. The minimum absolute atomic E-state index is 0.00491. The maximum absolute atomic E-state index is 10.6. The van der Waals surface area contributed by atoms with Crippen molar-refractivity contribution in [3.63, 3.8) is 0 Å². The van der Waals surface area contributed by atoms with Crippen molar-refractivity contribution in [2.24, 2.45) is 0 Å². The van der Waals surface area contributed by atoms with E-state index in [1.165, 1.54) is 0 Å². The molecule has 0 fully saturated rings. The molecule has 0 amide bonds. The van der Waals surface area contributed by atoms with Crippen LogP contribution in [0.15, 0.2) is 34.9 Å². The molecule has 106 valence electrons. The largest absolute Gasteiger partial charge is 0.492 e. The zero-order chi connectivity index (χ0) is 14.3. The number of furan rings is 1. The smallest absolute Gasteiger partial charge is 0.123 e. The van der Waals surface area contributed by atoms with E-state index < -0.39 is 6.10 Å². The van der Waals surface area contributed by atoms with Gasteiger partial charge in [0.2, 0.25) is 0 Å². The molecule has 0 radical (unpaired) electrons. The van der Waals surface area contributed by atoms with Gasteiger partial charge < -0.3 is 14.3 Å². The Morgan fingerprint density at radius 3 is 2.85 bits per heavy atom. The Morgan fingerprint density at radius 1 is 1.30 bits per heavy atom. The Balaban J connectivity index is 2.00. The van der Waals surface area contributed by atoms with Gasteiger partial charge in [0, 0.05) is 23.0 Å². The van der Waals surface area contributed by atoms with Crippen molar-refractivity contribution in [3.8, 4) is 5.75 Å². The monoisotopic (exact) mass is 272 g/mol. The standard InChI is InChI=1S/C17H20O3/c1-4-14-12(7-8-19-14)16(18)11-5-6-15-13(9-11)17(2,3)10-20-15/h5-9,16,18H,4,10H2,1-3H3. The van der Waals surface area contributed by atoms with Gasteiger partial charge in [-0.1, -0.05) is 26.8 Å². The molecule has 1 aromatic carbocycles. The number of rotatable bonds is 3. The summed E-state index contributed by atoms with van der Waals surface area (Å²) in [5.74, 6) is 1.77. The fraction of sp³-hybridized carbons (Fsp3) is 0.412. The van der Waals surface area contributed by atoms with Crippen LogP contribution < -0.4 is 4.74 Å². The van der Waals surface area contributed by atoms with Gasteiger partial charge in [-0.25, -0.2) is 0 Å². The SMILES string of the molecule is CCc1occc1C(O)c1ccc2c(c1)C(C)(C)CO2. The molecule has 0 saturated carbocycles. The molecule has 1 aliphatic rings. The van der Waals surface area contributed by atoms with E-state index in [0.29, 0.717) is 6.61 Å². The summed E-state index contributed by atoms with van der Waals surface area (Å²) in [6.07, 6.45) is 1.77. The zero-order valence-corrected chi connectivity index (χ0v) is 12.1. The molecule has 1 aliphatic heterocycles. The van der Waals surface area contributed by atoms with Gasteiger partial charge in [0.15, 0.2) is 0 Å². The van der Waals surface area contributed by atoms with Crippen molar-refractivity contribution >= 4 is 0 Å². The van der Waals surface area contributed by atoms with Crippen LogP contribution in [0.3, 0.4) is 0 Å². The quantitative estimate of drug-likeness (QED) is 0.928. The second kappa shape index (κ2) is 4.67. The number of aryl methyl sites for hydroxylation is 1. The highest BCUT2D eigenvalue weighted by Crippen LogP contribution is 2.40. The first kappa shape index (κ1) is 13.3. The molecule has 1 aromatic heterocycles. The number of hydrogen-bond donors (Lipinski definition) is 1. The fourth-order valence-corrected chi connectivity index (χ4v) is 2.77. The number of aliphatic hydroxyl groups is 1. The molecular formula is C17H20O3. The molecule has 1 unspecified atom stereocenters. The summed E-state index contributed by atoms with van der Waals surface area (Å²) in [5.41, 5.74) is 2.90. The van der Waals surface area contributed by atoms with Crippen LogP contribution in [-0.4, -0.2) is 11.7 Å². The second-order valence-electron chi connectivity index (χ2n) is 5.98. The lowest BCUT2D eigenvalue weighted by Gasteiger charge is -2.17. The summed E-state index contributed by atoms with van der Waals surface area (Å²) >= 11 is 0. The van der Waals surface area contributed by atoms with Crippen LogP contribution in [0.1, 0.15) is 49.3 Å². The average molecular weight is 272 g/mol. The maximum Gasteiger partial charge on any atom is 0.123 e. The molecule has 3 heteroatoms. The molecule has 0 aliphatic carbocycles. The molecule has 1 atom stereocenters. The van der Waals surface area contributed by atoms with E-state index in [9.17, 15) is 5.11 Å². The van der Waals surface area contributed by atoms with Crippen molar-refractivity contribution in [3.05, 3.63) is 53.0 Å². The van der Waals surface area contributed by atoms with E-state index in [1.807, 2.05) is 25.1 Å². The predicted molar refractivity (Wildman–Crippen MR) is 77.1 cm³/mol. The van der Waals surface area contributed by atoms with Crippen LogP contribution in [-0.2, 0) is 11.8 Å². The lowest BCUT2D eigenvalue weighted by atomic mass is 9.85. The van der Waals surface area contributed by atoms with Crippen LogP contribution in [0.4, 0.5) is 0 Å². The minimum atomic E-state index is -0.648. The lowest BCUT2D eigenvalue weighted by Crippen LogP contribution is -2.18. The van der Waals surface area contributed by atoms with Crippen molar-refractivity contribution in [1.29, 1.82) is 0 Å². The maximum atomic E-state index is 10.6. The molecule has 2 aromatic rings. The van der Waals surface area contributed by atoms with Gasteiger partial charge in [0.05, 0.1) is 12.9 Å². The van der Waals surface area contributed by atoms with Crippen molar-refractivity contribution in [1.82, 2.24) is 0 Å². The van der Waals surface area contributed by atoms with E-state index in [-0.39, 0.29) is 5.41 Å². The van der Waals surface area contributed by atoms with Crippen LogP contribution in [0.2, 0.25) is 0 Å². The van der Waals surface area contributed by atoms with Crippen LogP contribution in [0.25, 0.3) is 0 Å². The van der Waals surface area contributed by atoms with Gasteiger partial charge in [-0.2, -0.15) is 0 Å². The Bertz CT molecular complexity index is 625. The van der Waals surface area contributed by atoms with E-state index in [4.69, 9.17) is 9.15 Å². The normalized spacial score (nSPS) is 17.6. The highest BCUT2D eigenvalue weighted by Gasteiger charge is 2.32. The van der Waals surface area contributed by atoms with E-state index in [0.717, 1.165) is 34.6 Å². The predicted octanol–water partition coefficient (Wildman–Crippen LogP) is 3.59. The minimum Gasteiger partial charge on any atom is -0.492 e. The summed E-state index contributed by atoms with van der Waals surface area (Å²) in [6, 6.07) is 7.78. The van der Waals surface area contributed by atoms with Crippen LogP contribution >= 0.6 is 0 Å². The van der Waals surface area contributed by atoms with Crippen LogP contribution in [0.5, 0.6) is 5.75 Å². The summed E-state index contributed by atoms with van der Waals surface area (Å²) in [7, 11) is 0. The summed E-state index contributed by atoms with van der Waals surface area (Å²) in [4.78, 5) is 0. The molecule has 0 saturated heterocycles. The van der Waals surface area contributed by atoms with Gasteiger partial charge in [0.1, 0.15) is 17.6 Å². The number of ether oxygens (including phenoxy) is 1. The van der Waals surface area contributed by atoms with Gasteiger partial charge >= 0.3 is 0 Å². The highest BCUT2D eigenvalue weighted by molar-refractivity contribution is 5.47. The summed E-state index contributed by atoms with van der Waals surface area (Å²) in [6.45, 7) is 7.02. The number of fused-ring (bicyclic) bond motifs is 1. The number of hydrogen-bond acceptors (Lipinski definition) is 3. The van der Waals surface area contributed by atoms with Crippen molar-refractivity contribution in [2.75, 3.05) is 6.61 Å². The van der Waals surface area contributed by atoms with Crippen molar-refractivity contribution < 1.29 is 14.3 Å². The Hall–Kier alpha value is -1.74. The second-order valence-corrected chi connectivity index (χ2v) is 5.98. The molecule has 0 spiro atoms. The fourth-order valence-electron chi connectivity index (χ4n) is 2.77. The third-order valence-corrected chi connectivity index (χ3v) is 4.03. The van der Waals surface area contributed by atoms with Gasteiger partial charge in [0.25, 0.3) is 0 Å². The van der Waals surface area contributed by atoms with Crippen LogP contribution in [0, 0.1) is 0 Å². The third-order valence-electron chi connectivity index (χ3n) is 4.03. The molecule has 0 bridgehead atoms. The zero-order valence-electron chi connectivity index (χ0n) is 12.1. The topological polar surface area (TPSA) is 42.6 Å². The van der Waals surface area contributed by atoms with E-state index >= 15 is 0 Å². The Labute approximate surface area is 119 Å². The first-order valence-electron chi connectivity index (χ1n) is 7.04. The van der Waals surface area contributed by atoms with Crippen molar-refractivity contribution in [2.45, 2.75) is 38.7 Å². The average Bonchev–Trinajstić information content (AvgIpc) is 3.03. The lowest BCUT2D eigenvalue weighted by molar-refractivity contribution is 0.217. The van der Waals surface area contributed by atoms with Gasteiger partial charge in [-0.15, -0.1) is 0 Å². The summed E-state index contributed by atoms with van der Waals surface area (Å²) < 4.78 is 11.1. The molecule has 1 N–H and O–H groups in total. The summed E-state index contributed by atoms with van der Waals surface area (Å²) in [5, 5.41) is 10.6. The van der Waals surface area contributed by atoms with E-state index in [1.54, 1.807) is 6.26 Å². The first-order valence-corrected chi connectivity index (χ1v) is 7.04. The first-order chi connectivity index (χ1) is 9.53. The van der Waals surface area contributed by atoms with Gasteiger partial charge in [-0.3, -0.25) is 0 Å². The van der Waals surface area contributed by atoms with E-state index in [2.05, 4.69) is 19.9 Å². The molecule has 20 heavy (non-hydrogen) atoms. The molecule has 2 heterocycles. The Morgan fingerprint density at radius 2 is 2.10 bits per heavy atom.